The maximum atomic E-state index is 8.39. The summed E-state index contributed by atoms with van der Waals surface area (Å²) in [5.41, 5.74) is 7.88. The number of hydrogen-bond acceptors (Lipinski definition) is 3. The zero-order valence-electron chi connectivity index (χ0n) is 9.77. The van der Waals surface area contributed by atoms with Crippen LogP contribution < -0.4 is 11.1 Å². The summed E-state index contributed by atoms with van der Waals surface area (Å²) in [6, 6.07) is 8.64. The lowest BCUT2D eigenvalue weighted by Crippen LogP contribution is -2.24. The number of nitrogens with one attached hydrogen (secondary N) is 1. The Morgan fingerprint density at radius 3 is 2.94 bits per heavy atom. The fourth-order valence-electron chi connectivity index (χ4n) is 1.52. The van der Waals surface area contributed by atoms with Crippen molar-refractivity contribution in [3.05, 3.63) is 35.4 Å². The molecule has 0 heterocycles. The molecular weight excluding hydrogens is 202 g/mol. The highest BCUT2D eigenvalue weighted by Gasteiger charge is 2.04. The molecule has 1 aromatic rings. The minimum atomic E-state index is 0.254. The van der Waals surface area contributed by atoms with Crippen molar-refractivity contribution in [1.82, 2.24) is 5.32 Å². The summed E-state index contributed by atoms with van der Waals surface area (Å²) in [5.74, 6) is 0.254. The van der Waals surface area contributed by atoms with Crippen LogP contribution in [0.15, 0.2) is 29.4 Å². The Bertz CT molecular complexity index is 363. The second kappa shape index (κ2) is 6.12. The highest BCUT2D eigenvalue weighted by atomic mass is 16.4. The molecule has 1 rings (SSSR count). The molecule has 4 N–H and O–H groups in total. The Morgan fingerprint density at radius 2 is 2.31 bits per heavy atom. The third-order valence-corrected chi connectivity index (χ3v) is 2.50. The second-order valence-corrected chi connectivity index (χ2v) is 3.93. The first-order valence-corrected chi connectivity index (χ1v) is 5.40. The Morgan fingerprint density at radius 1 is 1.56 bits per heavy atom. The molecule has 4 heteroatoms. The predicted molar refractivity (Wildman–Crippen MR) is 65.6 cm³/mol. The van der Waals surface area contributed by atoms with E-state index in [0.717, 1.165) is 0 Å². The van der Waals surface area contributed by atoms with Crippen LogP contribution in [-0.2, 0) is 0 Å². The lowest BCUT2D eigenvalue weighted by atomic mass is 10.1. The van der Waals surface area contributed by atoms with E-state index < -0.39 is 0 Å². The molecule has 0 aliphatic carbocycles. The van der Waals surface area contributed by atoms with Crippen molar-refractivity contribution in [3.8, 4) is 0 Å². The topological polar surface area (TPSA) is 70.6 Å². The molecule has 0 radical (unpaired) electrons. The number of nitrogens with zero attached hydrogens (tertiary/aromatic N) is 1. The van der Waals surface area contributed by atoms with E-state index in [1.54, 1.807) is 0 Å². The van der Waals surface area contributed by atoms with Crippen LogP contribution in [0.1, 0.15) is 30.5 Å². The van der Waals surface area contributed by atoms with Crippen LogP contribution in [0.3, 0.4) is 0 Å². The molecule has 0 aromatic heterocycles. The molecule has 0 spiro atoms. The maximum absolute atomic E-state index is 8.39. The van der Waals surface area contributed by atoms with Gasteiger partial charge in [0.1, 0.15) is 5.84 Å². The van der Waals surface area contributed by atoms with Crippen molar-refractivity contribution in [2.24, 2.45) is 10.9 Å². The Labute approximate surface area is 96.2 Å². The number of benzene rings is 1. The molecule has 0 fully saturated rings. The molecule has 0 saturated heterocycles. The van der Waals surface area contributed by atoms with E-state index in [1.165, 1.54) is 11.1 Å². The van der Waals surface area contributed by atoms with Gasteiger partial charge < -0.3 is 16.3 Å². The third-order valence-electron chi connectivity index (χ3n) is 2.50. The second-order valence-electron chi connectivity index (χ2n) is 3.93. The Kier molecular flexibility index (Phi) is 4.79. The van der Waals surface area contributed by atoms with Gasteiger partial charge in [0.25, 0.3) is 0 Å². The summed E-state index contributed by atoms with van der Waals surface area (Å²) in [6.45, 7) is 4.87. The van der Waals surface area contributed by atoms with Crippen LogP contribution in [0.5, 0.6) is 0 Å². The summed E-state index contributed by atoms with van der Waals surface area (Å²) < 4.78 is 0. The van der Waals surface area contributed by atoms with Crippen LogP contribution in [-0.4, -0.2) is 17.6 Å². The van der Waals surface area contributed by atoms with E-state index in [0.29, 0.717) is 13.0 Å². The van der Waals surface area contributed by atoms with Gasteiger partial charge in [-0.05, 0) is 19.4 Å². The lowest BCUT2D eigenvalue weighted by Gasteiger charge is -2.14. The number of amidine groups is 1. The van der Waals surface area contributed by atoms with E-state index in [9.17, 15) is 0 Å². The van der Waals surface area contributed by atoms with Crippen molar-refractivity contribution in [3.63, 3.8) is 0 Å². The van der Waals surface area contributed by atoms with Gasteiger partial charge in [-0.2, -0.15) is 0 Å². The monoisotopic (exact) mass is 221 g/mol. The van der Waals surface area contributed by atoms with E-state index in [2.05, 4.69) is 42.5 Å². The van der Waals surface area contributed by atoms with Gasteiger partial charge in [0.2, 0.25) is 0 Å². The van der Waals surface area contributed by atoms with Crippen LogP contribution in [0.25, 0.3) is 0 Å². The number of aryl methyl sites for hydroxylation is 1. The Hall–Kier alpha value is -1.55. The molecule has 4 nitrogen and oxygen atoms in total. The summed E-state index contributed by atoms with van der Waals surface area (Å²) >= 11 is 0. The molecule has 0 unspecified atom stereocenters. The van der Waals surface area contributed by atoms with Gasteiger partial charge >= 0.3 is 0 Å². The fourth-order valence-corrected chi connectivity index (χ4v) is 1.52. The molecule has 16 heavy (non-hydrogen) atoms. The normalized spacial score (nSPS) is 13.8. The number of hydrogen-bond donors (Lipinski definition) is 3. The van der Waals surface area contributed by atoms with Crippen LogP contribution in [0.2, 0.25) is 0 Å². The van der Waals surface area contributed by atoms with Gasteiger partial charge in [0.15, 0.2) is 0 Å². The molecular formula is C12H19N3O. The first-order valence-electron chi connectivity index (χ1n) is 5.40. The molecule has 0 amide bonds. The van der Waals surface area contributed by atoms with Gasteiger partial charge in [-0.15, -0.1) is 0 Å². The zero-order valence-corrected chi connectivity index (χ0v) is 9.77. The lowest BCUT2D eigenvalue weighted by molar-refractivity contribution is 0.316. The average molecular weight is 221 g/mol. The molecule has 0 bridgehead atoms. The minimum absolute atomic E-state index is 0.254. The van der Waals surface area contributed by atoms with E-state index in [4.69, 9.17) is 10.9 Å². The van der Waals surface area contributed by atoms with E-state index >= 15 is 0 Å². The maximum Gasteiger partial charge on any atom is 0.140 e. The molecule has 1 atom stereocenters. The van der Waals surface area contributed by atoms with Crippen molar-refractivity contribution in [1.29, 1.82) is 0 Å². The van der Waals surface area contributed by atoms with Gasteiger partial charge in [-0.25, -0.2) is 0 Å². The van der Waals surface area contributed by atoms with Crippen LogP contribution >= 0.6 is 0 Å². The quantitative estimate of drug-likeness (QED) is 0.307. The summed E-state index contributed by atoms with van der Waals surface area (Å²) in [6.07, 6.45) is 0.548. The largest absolute Gasteiger partial charge is 0.409 e. The van der Waals surface area contributed by atoms with Crippen LogP contribution in [0, 0.1) is 6.92 Å². The average Bonchev–Trinajstić information content (AvgIpc) is 2.28. The fraction of sp³-hybridized carbons (Fsp3) is 0.417. The number of nitrogens with two attached hydrogens (primary N) is 1. The van der Waals surface area contributed by atoms with Crippen molar-refractivity contribution < 1.29 is 5.21 Å². The predicted octanol–water partition coefficient (Wildman–Crippen LogP) is 1.78. The minimum Gasteiger partial charge on any atom is -0.409 e. The number of rotatable bonds is 5. The summed E-state index contributed by atoms with van der Waals surface area (Å²) in [5, 5.41) is 14.6. The van der Waals surface area contributed by atoms with Gasteiger partial charge in [-0.3, -0.25) is 0 Å². The molecule has 0 saturated carbocycles. The third kappa shape index (κ3) is 3.90. The van der Waals surface area contributed by atoms with Crippen molar-refractivity contribution in [2.75, 3.05) is 6.54 Å². The van der Waals surface area contributed by atoms with Crippen molar-refractivity contribution >= 4 is 5.84 Å². The highest BCUT2D eigenvalue weighted by molar-refractivity contribution is 5.79. The van der Waals surface area contributed by atoms with Gasteiger partial charge in [0, 0.05) is 19.0 Å². The molecule has 1 aromatic carbocycles. The molecule has 0 aliphatic heterocycles. The zero-order chi connectivity index (χ0) is 12.0. The first kappa shape index (κ1) is 12.5. The van der Waals surface area contributed by atoms with Gasteiger partial charge in [0.05, 0.1) is 0 Å². The smallest absolute Gasteiger partial charge is 0.140 e. The van der Waals surface area contributed by atoms with Gasteiger partial charge in [-0.1, -0.05) is 35.0 Å². The molecule has 88 valence electrons. The SMILES string of the molecule is Cc1cccc([C@H](C)NCC/C(N)=N/O)c1. The number of oxime groups is 1. The van der Waals surface area contributed by atoms with Crippen molar-refractivity contribution in [2.45, 2.75) is 26.3 Å². The standard InChI is InChI=1S/C12H19N3O/c1-9-4-3-5-11(8-9)10(2)14-7-6-12(13)15-16/h3-5,8,10,14,16H,6-7H2,1-2H3,(H2,13,15)/t10-/m0/s1. The molecule has 0 aliphatic rings. The summed E-state index contributed by atoms with van der Waals surface area (Å²) in [4.78, 5) is 0. The summed E-state index contributed by atoms with van der Waals surface area (Å²) in [7, 11) is 0. The van der Waals surface area contributed by atoms with E-state index in [1.807, 2.05) is 6.07 Å². The van der Waals surface area contributed by atoms with E-state index in [-0.39, 0.29) is 11.9 Å². The van der Waals surface area contributed by atoms with Crippen LogP contribution in [0.4, 0.5) is 0 Å². The highest BCUT2D eigenvalue weighted by Crippen LogP contribution is 2.13. The Balaban J connectivity index is 2.44. The first-order chi connectivity index (χ1) is 7.63.